The van der Waals surface area contributed by atoms with Gasteiger partial charge < -0.3 is 4.90 Å². The van der Waals surface area contributed by atoms with Crippen LogP contribution in [0.1, 0.15) is 37.7 Å². The first-order valence-electron chi connectivity index (χ1n) is 9.91. The molecule has 3 heterocycles. The SMILES string of the molecule is CN1CCC[C@H]1C(=O)N1CCCC2(CCN(Cc3ccccc3)C2)C1. The minimum absolute atomic E-state index is 0.136. The van der Waals surface area contributed by atoms with E-state index in [4.69, 9.17) is 0 Å². The molecule has 1 spiro atoms. The van der Waals surface area contributed by atoms with Gasteiger partial charge in [-0.05, 0) is 57.8 Å². The molecule has 0 aliphatic carbocycles. The van der Waals surface area contributed by atoms with Crippen molar-refractivity contribution >= 4 is 5.91 Å². The average molecular weight is 341 g/mol. The Hall–Kier alpha value is -1.39. The molecule has 25 heavy (non-hydrogen) atoms. The highest BCUT2D eigenvalue weighted by atomic mass is 16.2. The van der Waals surface area contributed by atoms with E-state index in [0.717, 1.165) is 45.6 Å². The third-order valence-electron chi connectivity index (χ3n) is 6.54. The van der Waals surface area contributed by atoms with Crippen molar-refractivity contribution in [2.75, 3.05) is 39.8 Å². The second-order valence-corrected chi connectivity index (χ2v) is 8.45. The third-order valence-corrected chi connectivity index (χ3v) is 6.54. The Balaban J connectivity index is 1.38. The molecule has 0 bridgehead atoms. The fraction of sp³-hybridized carbons (Fsp3) is 0.667. The minimum Gasteiger partial charge on any atom is -0.341 e. The van der Waals surface area contributed by atoms with Crippen molar-refractivity contribution in [1.82, 2.24) is 14.7 Å². The summed E-state index contributed by atoms with van der Waals surface area (Å²) in [5, 5.41) is 0. The molecule has 3 aliphatic heterocycles. The van der Waals surface area contributed by atoms with E-state index in [1.807, 2.05) is 0 Å². The fourth-order valence-electron chi connectivity index (χ4n) is 5.17. The van der Waals surface area contributed by atoms with Crippen molar-refractivity contribution in [1.29, 1.82) is 0 Å². The number of likely N-dealkylation sites (tertiary alicyclic amines) is 3. The van der Waals surface area contributed by atoms with Gasteiger partial charge in [-0.1, -0.05) is 30.3 Å². The number of nitrogens with zero attached hydrogens (tertiary/aromatic N) is 3. The van der Waals surface area contributed by atoms with Crippen LogP contribution >= 0.6 is 0 Å². The van der Waals surface area contributed by atoms with Crippen LogP contribution in [0.2, 0.25) is 0 Å². The lowest BCUT2D eigenvalue weighted by Crippen LogP contribution is -2.52. The van der Waals surface area contributed by atoms with Gasteiger partial charge in [0.15, 0.2) is 0 Å². The number of amides is 1. The Labute approximate surface area is 151 Å². The highest BCUT2D eigenvalue weighted by Crippen LogP contribution is 2.40. The van der Waals surface area contributed by atoms with E-state index in [0.29, 0.717) is 11.3 Å². The first-order chi connectivity index (χ1) is 12.2. The molecule has 0 radical (unpaired) electrons. The summed E-state index contributed by atoms with van der Waals surface area (Å²) in [5.74, 6) is 0.389. The zero-order valence-electron chi connectivity index (χ0n) is 15.5. The average Bonchev–Trinajstić information content (AvgIpc) is 3.22. The van der Waals surface area contributed by atoms with E-state index in [1.165, 1.54) is 31.4 Å². The number of rotatable bonds is 3. The molecule has 1 unspecified atom stereocenters. The maximum absolute atomic E-state index is 13.0. The topological polar surface area (TPSA) is 26.8 Å². The predicted octanol–water partition coefficient (Wildman–Crippen LogP) is 2.60. The quantitative estimate of drug-likeness (QED) is 0.845. The van der Waals surface area contributed by atoms with Crippen molar-refractivity contribution in [3.05, 3.63) is 35.9 Å². The van der Waals surface area contributed by atoms with Crippen molar-refractivity contribution < 1.29 is 4.79 Å². The maximum atomic E-state index is 13.0. The van der Waals surface area contributed by atoms with E-state index >= 15 is 0 Å². The highest BCUT2D eigenvalue weighted by molar-refractivity contribution is 5.82. The van der Waals surface area contributed by atoms with Gasteiger partial charge in [0.05, 0.1) is 6.04 Å². The van der Waals surface area contributed by atoms with E-state index in [1.54, 1.807) is 0 Å². The maximum Gasteiger partial charge on any atom is 0.239 e. The Morgan fingerprint density at radius 2 is 1.92 bits per heavy atom. The molecule has 3 saturated heterocycles. The van der Waals surface area contributed by atoms with Crippen LogP contribution in [0.25, 0.3) is 0 Å². The normalized spacial score (nSPS) is 31.1. The fourth-order valence-corrected chi connectivity index (χ4v) is 5.17. The zero-order valence-corrected chi connectivity index (χ0v) is 15.5. The molecule has 1 amide bonds. The second-order valence-electron chi connectivity index (χ2n) is 8.45. The molecule has 1 aromatic rings. The molecule has 4 rings (SSSR count). The molecule has 4 heteroatoms. The molecule has 3 fully saturated rings. The number of likely N-dealkylation sites (N-methyl/N-ethyl adjacent to an activating group) is 1. The van der Waals surface area contributed by atoms with Crippen molar-refractivity contribution in [2.45, 2.75) is 44.7 Å². The minimum atomic E-state index is 0.136. The molecule has 3 aliphatic rings. The van der Waals surface area contributed by atoms with Crippen LogP contribution in [-0.2, 0) is 11.3 Å². The van der Waals surface area contributed by atoms with Crippen molar-refractivity contribution in [3.8, 4) is 0 Å². The Bertz CT molecular complexity index is 604. The van der Waals surface area contributed by atoms with Gasteiger partial charge in [0.1, 0.15) is 0 Å². The number of hydrogen-bond acceptors (Lipinski definition) is 3. The van der Waals surface area contributed by atoms with E-state index in [2.05, 4.69) is 52.1 Å². The van der Waals surface area contributed by atoms with E-state index in [9.17, 15) is 4.79 Å². The smallest absolute Gasteiger partial charge is 0.239 e. The lowest BCUT2D eigenvalue weighted by molar-refractivity contribution is -0.139. The van der Waals surface area contributed by atoms with Gasteiger partial charge in [-0.25, -0.2) is 0 Å². The lowest BCUT2D eigenvalue weighted by atomic mass is 9.79. The third kappa shape index (κ3) is 3.61. The molecule has 0 N–H and O–H groups in total. The van der Waals surface area contributed by atoms with Crippen molar-refractivity contribution in [3.63, 3.8) is 0 Å². The first kappa shape index (κ1) is 17.0. The Morgan fingerprint density at radius 1 is 1.08 bits per heavy atom. The number of carbonyl (C=O) groups is 1. The van der Waals surface area contributed by atoms with Crippen LogP contribution in [-0.4, -0.2) is 66.4 Å². The summed E-state index contributed by atoms with van der Waals surface area (Å²) < 4.78 is 0. The van der Waals surface area contributed by atoms with Gasteiger partial charge in [-0.3, -0.25) is 14.6 Å². The Kier molecular flexibility index (Phi) is 4.83. The van der Waals surface area contributed by atoms with Gasteiger partial charge in [-0.15, -0.1) is 0 Å². The predicted molar refractivity (Wildman–Crippen MR) is 100 cm³/mol. The second kappa shape index (κ2) is 7.08. The Morgan fingerprint density at radius 3 is 2.68 bits per heavy atom. The molecule has 4 nitrogen and oxygen atoms in total. The van der Waals surface area contributed by atoms with Gasteiger partial charge in [0.2, 0.25) is 5.91 Å². The number of hydrogen-bond donors (Lipinski definition) is 0. The van der Waals surface area contributed by atoms with Crippen LogP contribution in [0.15, 0.2) is 30.3 Å². The number of piperidine rings is 1. The van der Waals surface area contributed by atoms with Gasteiger partial charge in [0, 0.05) is 31.6 Å². The molecule has 2 atom stereocenters. The van der Waals surface area contributed by atoms with Crippen LogP contribution in [0, 0.1) is 5.41 Å². The van der Waals surface area contributed by atoms with E-state index < -0.39 is 0 Å². The first-order valence-corrected chi connectivity index (χ1v) is 9.91. The summed E-state index contributed by atoms with van der Waals surface area (Å²) in [7, 11) is 2.10. The summed E-state index contributed by atoms with van der Waals surface area (Å²) in [6.45, 7) is 6.36. The number of benzene rings is 1. The van der Waals surface area contributed by atoms with Crippen LogP contribution in [0.4, 0.5) is 0 Å². The standard InChI is InChI=1S/C21H31N3O/c1-22-12-5-9-19(22)20(25)24-13-6-10-21(17-24)11-14-23(16-21)15-18-7-3-2-4-8-18/h2-4,7-8,19H,5-6,9-17H2,1H3/t19-,21?/m0/s1. The largest absolute Gasteiger partial charge is 0.341 e. The molecular formula is C21H31N3O. The summed E-state index contributed by atoms with van der Waals surface area (Å²) in [6, 6.07) is 10.9. The molecule has 0 aromatic heterocycles. The van der Waals surface area contributed by atoms with Gasteiger partial charge in [-0.2, -0.15) is 0 Å². The summed E-state index contributed by atoms with van der Waals surface area (Å²) >= 11 is 0. The van der Waals surface area contributed by atoms with Crippen LogP contribution in [0.5, 0.6) is 0 Å². The zero-order chi connectivity index (χ0) is 17.3. The summed E-state index contributed by atoms with van der Waals surface area (Å²) in [6.07, 6.45) is 5.89. The molecule has 136 valence electrons. The van der Waals surface area contributed by atoms with Gasteiger partial charge in [0.25, 0.3) is 0 Å². The molecule has 1 aromatic carbocycles. The van der Waals surface area contributed by atoms with Crippen LogP contribution < -0.4 is 0 Å². The van der Waals surface area contributed by atoms with Crippen LogP contribution in [0.3, 0.4) is 0 Å². The monoisotopic (exact) mass is 341 g/mol. The van der Waals surface area contributed by atoms with E-state index in [-0.39, 0.29) is 6.04 Å². The lowest BCUT2D eigenvalue weighted by Gasteiger charge is -2.42. The van der Waals surface area contributed by atoms with Crippen molar-refractivity contribution in [2.24, 2.45) is 5.41 Å². The molecular weight excluding hydrogens is 310 g/mol. The summed E-state index contributed by atoms with van der Waals surface area (Å²) in [5.41, 5.74) is 1.73. The summed E-state index contributed by atoms with van der Waals surface area (Å²) in [4.78, 5) is 20.0. The molecule has 0 saturated carbocycles. The highest BCUT2D eigenvalue weighted by Gasteiger charge is 2.43. The van der Waals surface area contributed by atoms with Gasteiger partial charge >= 0.3 is 0 Å². The number of carbonyl (C=O) groups excluding carboxylic acids is 1.